The molecule has 0 bridgehead atoms. The molecular weight excluding hydrogens is 703 g/mol. The number of nitrogens with zero attached hydrogens (tertiary/aromatic N) is 1. The van der Waals surface area contributed by atoms with Crippen LogP contribution in [-0.2, 0) is 11.8 Å². The molecule has 0 fully saturated rings. The van der Waals surface area contributed by atoms with Gasteiger partial charge in [0.05, 0.1) is 5.41 Å². The largest absolute Gasteiger partial charge is 0.457 e. The first-order valence-electron chi connectivity index (χ1n) is 20.3. The molecule has 0 saturated carbocycles. The van der Waals surface area contributed by atoms with E-state index >= 15 is 0 Å². The minimum atomic E-state index is -0.403. The zero-order valence-electron chi connectivity index (χ0n) is 32.6. The smallest absolute Gasteiger partial charge is 0.132 e. The van der Waals surface area contributed by atoms with E-state index in [0.29, 0.717) is 0 Å². The van der Waals surface area contributed by atoms with Gasteiger partial charge in [-0.25, -0.2) is 0 Å². The lowest BCUT2D eigenvalue weighted by molar-refractivity contribution is 0.432. The van der Waals surface area contributed by atoms with Gasteiger partial charge in [0.25, 0.3) is 0 Å². The molecule has 278 valence electrons. The van der Waals surface area contributed by atoms with Crippen LogP contribution in [-0.4, -0.2) is 0 Å². The fourth-order valence-corrected chi connectivity index (χ4v) is 9.24. The van der Waals surface area contributed by atoms with E-state index in [1.165, 1.54) is 61.2 Å². The van der Waals surface area contributed by atoms with Crippen molar-refractivity contribution >= 4 is 22.6 Å². The van der Waals surface area contributed by atoms with Crippen molar-refractivity contribution < 1.29 is 4.74 Å². The maximum atomic E-state index is 6.53. The lowest BCUT2D eigenvalue weighted by Gasteiger charge is -2.40. The monoisotopic (exact) mass is 745 g/mol. The van der Waals surface area contributed by atoms with Crippen molar-refractivity contribution in [3.05, 3.63) is 252 Å². The highest BCUT2D eigenvalue weighted by atomic mass is 16.5. The molecule has 8 aromatic carbocycles. The quantitative estimate of drug-likeness (QED) is 0.146. The molecule has 0 amide bonds. The number of para-hydroxylation sites is 2. The van der Waals surface area contributed by atoms with Crippen molar-refractivity contribution in [3.8, 4) is 33.8 Å². The number of hydrogen-bond acceptors (Lipinski definition) is 2. The SMILES string of the molecule is CCC1=C(/C=C\Cc2ccc(N(c3ccc(-c4ccccc4)cc3)c3ccc(-c4ccccc4)cc3)cc2)c2ccccc2C12c1ccccc1Oc1ccccc12. The number of fused-ring (bicyclic) bond motifs is 6. The highest BCUT2D eigenvalue weighted by molar-refractivity contribution is 5.91. The maximum absolute atomic E-state index is 6.53. The average molecular weight is 746 g/mol. The van der Waals surface area contributed by atoms with E-state index < -0.39 is 5.41 Å². The van der Waals surface area contributed by atoms with Gasteiger partial charge in [-0.05, 0) is 111 Å². The first-order valence-corrected chi connectivity index (χ1v) is 20.3. The predicted octanol–water partition coefficient (Wildman–Crippen LogP) is 14.9. The summed E-state index contributed by atoms with van der Waals surface area (Å²) in [5, 5.41) is 0. The Labute approximate surface area is 341 Å². The fourth-order valence-electron chi connectivity index (χ4n) is 9.24. The maximum Gasteiger partial charge on any atom is 0.132 e. The van der Waals surface area contributed by atoms with E-state index in [2.05, 4.69) is 230 Å². The first-order chi connectivity index (χ1) is 28.7. The summed E-state index contributed by atoms with van der Waals surface area (Å²) < 4.78 is 6.53. The third-order valence-corrected chi connectivity index (χ3v) is 11.9. The number of benzene rings is 8. The minimum Gasteiger partial charge on any atom is -0.457 e. The van der Waals surface area contributed by atoms with Crippen LogP contribution >= 0.6 is 0 Å². The van der Waals surface area contributed by atoms with Crippen molar-refractivity contribution in [3.63, 3.8) is 0 Å². The fraction of sp³-hybridized carbons (Fsp3) is 0.0714. The molecule has 8 aromatic rings. The van der Waals surface area contributed by atoms with Crippen LogP contribution in [0.3, 0.4) is 0 Å². The van der Waals surface area contributed by atoms with E-state index in [-0.39, 0.29) is 0 Å². The molecule has 2 heteroatoms. The molecule has 1 spiro atoms. The van der Waals surface area contributed by atoms with Gasteiger partial charge in [-0.3, -0.25) is 0 Å². The lowest BCUT2D eigenvalue weighted by atomic mass is 9.64. The van der Waals surface area contributed by atoms with Crippen molar-refractivity contribution in [2.75, 3.05) is 4.90 Å². The Hall–Kier alpha value is -7.16. The number of ether oxygens (including phenoxy) is 1. The molecule has 0 aromatic heterocycles. The number of hydrogen-bond donors (Lipinski definition) is 0. The zero-order valence-corrected chi connectivity index (χ0v) is 32.6. The Morgan fingerprint density at radius 1 is 0.448 bits per heavy atom. The molecule has 1 heterocycles. The van der Waals surface area contributed by atoms with E-state index in [1.807, 2.05) is 0 Å². The lowest BCUT2D eigenvalue weighted by Crippen LogP contribution is -2.33. The van der Waals surface area contributed by atoms with Crippen LogP contribution in [0.5, 0.6) is 11.5 Å². The second-order valence-electron chi connectivity index (χ2n) is 15.1. The summed E-state index contributed by atoms with van der Waals surface area (Å²) in [6.07, 6.45) is 6.45. The average Bonchev–Trinajstić information content (AvgIpc) is 3.57. The normalized spacial score (nSPS) is 13.5. The third-order valence-electron chi connectivity index (χ3n) is 11.9. The third kappa shape index (κ3) is 6.06. The van der Waals surface area contributed by atoms with E-state index in [1.54, 1.807) is 0 Å². The molecule has 58 heavy (non-hydrogen) atoms. The van der Waals surface area contributed by atoms with Crippen molar-refractivity contribution in [2.45, 2.75) is 25.2 Å². The second-order valence-corrected chi connectivity index (χ2v) is 15.1. The summed E-state index contributed by atoms with van der Waals surface area (Å²) >= 11 is 0. The molecule has 0 N–H and O–H groups in total. The highest BCUT2D eigenvalue weighted by Crippen LogP contribution is 2.61. The van der Waals surface area contributed by atoms with Gasteiger partial charge in [0.2, 0.25) is 0 Å². The summed E-state index contributed by atoms with van der Waals surface area (Å²) in [4.78, 5) is 2.35. The molecule has 1 aliphatic heterocycles. The molecule has 0 saturated heterocycles. The summed E-state index contributed by atoms with van der Waals surface area (Å²) in [5.74, 6) is 1.86. The van der Waals surface area contributed by atoms with Crippen LogP contribution in [0.15, 0.2) is 224 Å². The number of allylic oxidation sites excluding steroid dienone is 4. The van der Waals surface area contributed by atoms with Crippen LogP contribution in [0.1, 0.15) is 41.2 Å². The second kappa shape index (κ2) is 15.1. The standard InChI is InChI=1S/C56H43NO/c1-2-50-48(49-21-9-10-23-51(49)56(50)52-24-11-13-26-54(52)58-55-27-14-12-25-53(55)56)22-15-16-40-28-34-45(35-29-40)57(46-36-30-43(31-37-46)41-17-5-3-6-18-41)47-38-32-44(33-39-47)42-19-7-4-8-20-42/h3-15,17-39H,2,16H2,1H3/b22-15-. The van der Waals surface area contributed by atoms with E-state index in [0.717, 1.165) is 41.4 Å². The highest BCUT2D eigenvalue weighted by Gasteiger charge is 2.51. The predicted molar refractivity (Wildman–Crippen MR) is 241 cm³/mol. The summed E-state index contributed by atoms with van der Waals surface area (Å²) in [6, 6.07) is 74.1. The number of anilines is 3. The minimum absolute atomic E-state index is 0.403. The molecule has 1 aliphatic carbocycles. The van der Waals surface area contributed by atoms with Gasteiger partial charge < -0.3 is 9.64 Å². The van der Waals surface area contributed by atoms with Gasteiger partial charge in [-0.1, -0.05) is 177 Å². The molecule has 0 atom stereocenters. The van der Waals surface area contributed by atoms with Crippen LogP contribution in [0.4, 0.5) is 17.1 Å². The molecule has 2 nitrogen and oxygen atoms in total. The van der Waals surface area contributed by atoms with Crippen LogP contribution in [0.2, 0.25) is 0 Å². The molecule has 10 rings (SSSR count). The Morgan fingerprint density at radius 3 is 1.40 bits per heavy atom. The van der Waals surface area contributed by atoms with Crippen molar-refractivity contribution in [2.24, 2.45) is 0 Å². The summed E-state index contributed by atoms with van der Waals surface area (Å²) in [6.45, 7) is 2.30. The van der Waals surface area contributed by atoms with Gasteiger partial charge >= 0.3 is 0 Å². The summed E-state index contributed by atoms with van der Waals surface area (Å²) in [5.41, 5.74) is 16.8. The Kier molecular flexibility index (Phi) is 9.16. The first kappa shape index (κ1) is 35.3. The van der Waals surface area contributed by atoms with Crippen LogP contribution in [0, 0.1) is 0 Å². The molecule has 2 aliphatic rings. The Morgan fingerprint density at radius 2 is 0.879 bits per heavy atom. The Balaban J connectivity index is 0.982. The summed E-state index contributed by atoms with van der Waals surface area (Å²) in [7, 11) is 0. The molecule has 0 radical (unpaired) electrons. The van der Waals surface area contributed by atoms with Crippen LogP contribution < -0.4 is 9.64 Å². The van der Waals surface area contributed by atoms with Crippen molar-refractivity contribution in [1.29, 1.82) is 0 Å². The van der Waals surface area contributed by atoms with E-state index in [4.69, 9.17) is 4.74 Å². The molecule has 0 unspecified atom stereocenters. The van der Waals surface area contributed by atoms with Crippen LogP contribution in [0.25, 0.3) is 27.8 Å². The molecular formula is C56H43NO. The zero-order chi connectivity index (χ0) is 38.9. The number of rotatable bonds is 9. The van der Waals surface area contributed by atoms with E-state index in [9.17, 15) is 0 Å². The Bertz CT molecular complexity index is 2650. The van der Waals surface area contributed by atoms with Gasteiger partial charge in [-0.2, -0.15) is 0 Å². The van der Waals surface area contributed by atoms with Gasteiger partial charge in [0.15, 0.2) is 0 Å². The topological polar surface area (TPSA) is 12.5 Å². The van der Waals surface area contributed by atoms with Crippen molar-refractivity contribution in [1.82, 2.24) is 0 Å². The van der Waals surface area contributed by atoms with Gasteiger partial charge in [0, 0.05) is 28.2 Å². The van der Waals surface area contributed by atoms with Gasteiger partial charge in [0.1, 0.15) is 11.5 Å². The van der Waals surface area contributed by atoms with Gasteiger partial charge in [-0.15, -0.1) is 0 Å².